The molecule has 1 saturated heterocycles. The Morgan fingerprint density at radius 3 is 1.81 bits per heavy atom. The average molecular weight is 374 g/mol. The molecule has 6 nitrogen and oxygen atoms in total. The molecular weight excluding hydrogens is 348 g/mol. The van der Waals surface area contributed by atoms with Crippen LogP contribution in [0.25, 0.3) is 0 Å². The van der Waals surface area contributed by atoms with Crippen molar-refractivity contribution in [2.45, 2.75) is 43.9 Å². The van der Waals surface area contributed by atoms with Crippen LogP contribution in [0.5, 0.6) is 0 Å². The predicted molar refractivity (Wildman–Crippen MR) is 98.8 cm³/mol. The van der Waals surface area contributed by atoms with E-state index in [1.54, 1.807) is 0 Å². The van der Waals surface area contributed by atoms with Gasteiger partial charge in [0.1, 0.15) is 24.4 Å². The molecule has 0 saturated carbocycles. The van der Waals surface area contributed by atoms with Crippen LogP contribution in [0.15, 0.2) is 60.7 Å². The van der Waals surface area contributed by atoms with E-state index in [1.807, 2.05) is 60.7 Å². The van der Waals surface area contributed by atoms with Crippen LogP contribution in [0, 0.1) is 0 Å². The topological polar surface area (TPSA) is 77.4 Å². The van der Waals surface area contributed by atoms with Gasteiger partial charge in [-0.2, -0.15) is 0 Å². The van der Waals surface area contributed by atoms with Crippen molar-refractivity contribution in [3.63, 3.8) is 0 Å². The van der Waals surface area contributed by atoms with E-state index in [0.29, 0.717) is 13.2 Å². The van der Waals surface area contributed by atoms with Crippen molar-refractivity contribution < 1.29 is 29.2 Å². The summed E-state index contributed by atoms with van der Waals surface area (Å²) >= 11 is 0. The number of ether oxygens (including phenoxy) is 4. The first kappa shape index (κ1) is 19.9. The second-order valence-electron chi connectivity index (χ2n) is 6.47. The second-order valence-corrected chi connectivity index (χ2v) is 6.47. The van der Waals surface area contributed by atoms with Gasteiger partial charge in [-0.25, -0.2) is 0 Å². The van der Waals surface area contributed by atoms with Crippen molar-refractivity contribution in [3.05, 3.63) is 71.8 Å². The van der Waals surface area contributed by atoms with Gasteiger partial charge in [-0.3, -0.25) is 0 Å². The van der Waals surface area contributed by atoms with Gasteiger partial charge in [0, 0.05) is 7.11 Å². The lowest BCUT2D eigenvalue weighted by Crippen LogP contribution is -2.60. The molecule has 2 N–H and O–H groups in total. The Kier molecular flexibility index (Phi) is 7.34. The fraction of sp³-hybridized carbons (Fsp3) is 0.429. The van der Waals surface area contributed by atoms with E-state index in [9.17, 15) is 10.2 Å². The smallest absolute Gasteiger partial charge is 0.184 e. The first-order valence-corrected chi connectivity index (χ1v) is 9.01. The van der Waals surface area contributed by atoms with Crippen LogP contribution in [0.4, 0.5) is 0 Å². The molecule has 2 aromatic carbocycles. The number of hydrogen-bond donors (Lipinski definition) is 2. The van der Waals surface area contributed by atoms with Crippen LogP contribution in [0.3, 0.4) is 0 Å². The van der Waals surface area contributed by atoms with Crippen molar-refractivity contribution in [2.24, 2.45) is 0 Å². The molecule has 3 rings (SSSR count). The maximum Gasteiger partial charge on any atom is 0.184 e. The number of rotatable bonds is 8. The van der Waals surface area contributed by atoms with E-state index in [2.05, 4.69) is 0 Å². The van der Waals surface area contributed by atoms with Crippen LogP contribution in [-0.4, -0.2) is 54.6 Å². The number of aliphatic hydroxyl groups excluding tert-OH is 2. The lowest BCUT2D eigenvalue weighted by Gasteiger charge is -2.43. The Morgan fingerprint density at radius 1 is 0.815 bits per heavy atom. The Labute approximate surface area is 159 Å². The largest absolute Gasteiger partial charge is 0.394 e. The molecule has 0 unspecified atom stereocenters. The highest BCUT2D eigenvalue weighted by Crippen LogP contribution is 2.28. The van der Waals surface area contributed by atoms with E-state index in [4.69, 9.17) is 18.9 Å². The Hall–Kier alpha value is -1.80. The third kappa shape index (κ3) is 5.13. The summed E-state index contributed by atoms with van der Waals surface area (Å²) in [5, 5.41) is 20.0. The summed E-state index contributed by atoms with van der Waals surface area (Å²) in [6.45, 7) is 0.352. The number of methoxy groups -OCH3 is 1. The summed E-state index contributed by atoms with van der Waals surface area (Å²) in [5.74, 6) is 0. The molecule has 2 aromatic rings. The Balaban J connectivity index is 1.73. The molecule has 0 aliphatic carbocycles. The van der Waals surface area contributed by atoms with E-state index in [0.717, 1.165) is 11.1 Å². The molecule has 6 heteroatoms. The molecule has 0 amide bonds. The third-order valence-electron chi connectivity index (χ3n) is 4.63. The predicted octanol–water partition coefficient (Wildman–Crippen LogP) is 1.88. The molecule has 1 fully saturated rings. The molecule has 0 aromatic heterocycles. The van der Waals surface area contributed by atoms with Gasteiger partial charge in [0.2, 0.25) is 0 Å². The zero-order valence-electron chi connectivity index (χ0n) is 15.3. The van der Waals surface area contributed by atoms with E-state index < -0.39 is 30.7 Å². The molecule has 1 heterocycles. The van der Waals surface area contributed by atoms with Gasteiger partial charge < -0.3 is 29.2 Å². The molecule has 27 heavy (non-hydrogen) atoms. The van der Waals surface area contributed by atoms with Crippen molar-refractivity contribution >= 4 is 0 Å². The summed E-state index contributed by atoms with van der Waals surface area (Å²) in [5.41, 5.74) is 1.97. The van der Waals surface area contributed by atoms with Gasteiger partial charge in [-0.15, -0.1) is 0 Å². The lowest BCUT2D eigenvalue weighted by atomic mass is 9.98. The summed E-state index contributed by atoms with van der Waals surface area (Å²) in [7, 11) is 1.53. The van der Waals surface area contributed by atoms with Crippen LogP contribution >= 0.6 is 0 Å². The summed E-state index contributed by atoms with van der Waals surface area (Å²) in [6, 6.07) is 19.4. The molecule has 1 aliphatic rings. The zero-order chi connectivity index (χ0) is 19.1. The summed E-state index contributed by atoms with van der Waals surface area (Å²) < 4.78 is 23.0. The second kappa shape index (κ2) is 9.94. The highest BCUT2D eigenvalue weighted by Gasteiger charge is 2.47. The van der Waals surface area contributed by atoms with Crippen molar-refractivity contribution in [3.8, 4) is 0 Å². The summed E-state index contributed by atoms with van der Waals surface area (Å²) in [4.78, 5) is 0. The Bertz CT molecular complexity index is 665. The highest BCUT2D eigenvalue weighted by molar-refractivity contribution is 5.14. The number of hydrogen-bond acceptors (Lipinski definition) is 6. The molecule has 5 atom stereocenters. The molecule has 1 aliphatic heterocycles. The van der Waals surface area contributed by atoms with E-state index in [1.165, 1.54) is 7.11 Å². The van der Waals surface area contributed by atoms with Crippen LogP contribution < -0.4 is 0 Å². The molecule has 0 radical (unpaired) electrons. The van der Waals surface area contributed by atoms with Gasteiger partial charge in [0.15, 0.2) is 6.29 Å². The lowest BCUT2D eigenvalue weighted by molar-refractivity contribution is -0.310. The average Bonchev–Trinajstić information content (AvgIpc) is 2.72. The molecule has 146 valence electrons. The number of aliphatic hydroxyl groups is 2. The zero-order valence-corrected chi connectivity index (χ0v) is 15.3. The first-order valence-electron chi connectivity index (χ1n) is 9.01. The van der Waals surface area contributed by atoms with Gasteiger partial charge >= 0.3 is 0 Å². The van der Waals surface area contributed by atoms with Gasteiger partial charge in [-0.05, 0) is 11.1 Å². The minimum absolute atomic E-state index is 0.286. The fourth-order valence-corrected chi connectivity index (χ4v) is 3.23. The minimum Gasteiger partial charge on any atom is -0.394 e. The minimum atomic E-state index is -1.22. The first-order chi connectivity index (χ1) is 13.2. The number of benzene rings is 2. The standard InChI is InChI=1S/C21H26O6/c1-24-18-17(12-22)27-21(23)20(26-14-16-10-6-3-7-11-16)19(18)25-13-15-8-4-2-5-9-15/h2-11,17-23H,12-14H2,1H3/t17-,18-,19+,20-,21+/m1/s1. The SMILES string of the molecule is CO[C@H]1[C@H](OCc2ccccc2)[C@@H](OCc2ccccc2)[C@@H](O)O[C@@H]1CO. The van der Waals surface area contributed by atoms with Crippen molar-refractivity contribution in [1.82, 2.24) is 0 Å². The highest BCUT2D eigenvalue weighted by atomic mass is 16.7. The van der Waals surface area contributed by atoms with E-state index >= 15 is 0 Å². The Morgan fingerprint density at radius 2 is 1.33 bits per heavy atom. The third-order valence-corrected chi connectivity index (χ3v) is 4.63. The van der Waals surface area contributed by atoms with Gasteiger partial charge in [0.25, 0.3) is 0 Å². The molecule has 0 spiro atoms. The van der Waals surface area contributed by atoms with Gasteiger partial charge in [-0.1, -0.05) is 60.7 Å². The van der Waals surface area contributed by atoms with Crippen LogP contribution in [0.2, 0.25) is 0 Å². The van der Waals surface area contributed by atoms with Gasteiger partial charge in [0.05, 0.1) is 19.8 Å². The molecular formula is C21H26O6. The summed E-state index contributed by atoms with van der Waals surface area (Å²) in [6.07, 6.45) is -3.83. The van der Waals surface area contributed by atoms with Crippen LogP contribution in [0.1, 0.15) is 11.1 Å². The fourth-order valence-electron chi connectivity index (χ4n) is 3.23. The normalized spacial score (nSPS) is 28.2. The monoisotopic (exact) mass is 374 g/mol. The maximum atomic E-state index is 10.4. The van der Waals surface area contributed by atoms with Crippen LogP contribution in [-0.2, 0) is 32.2 Å². The quantitative estimate of drug-likeness (QED) is 0.735. The molecule has 0 bridgehead atoms. The maximum absolute atomic E-state index is 10.4. The van der Waals surface area contributed by atoms with Crippen molar-refractivity contribution in [2.75, 3.05) is 13.7 Å². The van der Waals surface area contributed by atoms with Crippen molar-refractivity contribution in [1.29, 1.82) is 0 Å². The van der Waals surface area contributed by atoms with E-state index in [-0.39, 0.29) is 6.61 Å².